The van der Waals surface area contributed by atoms with Gasteiger partial charge in [0.2, 0.25) is 0 Å². The van der Waals surface area contributed by atoms with Gasteiger partial charge in [0.15, 0.2) is 12.2 Å². The summed E-state index contributed by atoms with van der Waals surface area (Å²) in [5.74, 6) is -2.29. The van der Waals surface area contributed by atoms with Gasteiger partial charge in [0.05, 0.1) is 26.4 Å². The van der Waals surface area contributed by atoms with E-state index in [2.05, 4.69) is 137 Å². The van der Waals surface area contributed by atoms with E-state index < -0.39 is 97.5 Å². The first-order chi connectivity index (χ1) is 49.7. The molecule has 5 atom stereocenters. The Bertz CT molecular complexity index is 2410. The van der Waals surface area contributed by atoms with E-state index in [9.17, 15) is 43.2 Å². The van der Waals surface area contributed by atoms with Gasteiger partial charge in [-0.3, -0.25) is 37.3 Å². The van der Waals surface area contributed by atoms with Crippen molar-refractivity contribution in [3.05, 3.63) is 122 Å². The van der Waals surface area contributed by atoms with Gasteiger partial charge in [-0.15, -0.1) is 0 Å². The van der Waals surface area contributed by atoms with Gasteiger partial charge in [0, 0.05) is 25.7 Å². The Hall–Kier alpha value is -4.54. The van der Waals surface area contributed by atoms with Crippen LogP contribution in [-0.4, -0.2) is 96.7 Å². The standard InChI is InChI=1S/C83H142O17P2/c1-5-9-13-17-21-25-29-33-36-38-41-45-48-52-56-60-64-68-81(86)94-74-79(100-83(88)70-66-62-58-54-50-46-42-39-37-34-30-26-22-18-14-10-6-2)76-98-102(91,92)96-72-77(84)71-95-101(89,90)97-75-78(99-82(87)69-65-61-57-53-49-43-32-28-24-20-16-12-8-4)73-93-80(85)67-63-59-55-51-47-44-40-35-31-27-23-19-15-11-7-3/h21-23,25-28,32-37,40-42,45-46,52,56,77-79,84H,5-20,24,29-31,38-39,43-44,47-51,53-55,57-76H2,1-4H3,(H,89,90)(H,91,92). The normalized spacial score (nSPS) is 14.5. The molecule has 0 rings (SSSR count). The molecule has 0 fully saturated rings. The number of hydrogen-bond donors (Lipinski definition) is 3. The van der Waals surface area contributed by atoms with Crippen LogP contribution in [0.1, 0.15) is 323 Å². The summed E-state index contributed by atoms with van der Waals surface area (Å²) in [5.41, 5.74) is 0. The van der Waals surface area contributed by atoms with E-state index in [0.717, 1.165) is 154 Å². The van der Waals surface area contributed by atoms with E-state index >= 15 is 0 Å². The number of allylic oxidation sites excluding steroid dienone is 20. The molecule has 3 N–H and O–H groups in total. The number of esters is 4. The van der Waals surface area contributed by atoms with Crippen molar-refractivity contribution in [1.29, 1.82) is 0 Å². The summed E-state index contributed by atoms with van der Waals surface area (Å²) in [6.45, 7) is 4.68. The molecule has 0 aliphatic rings. The van der Waals surface area contributed by atoms with Crippen LogP contribution in [0.15, 0.2) is 122 Å². The lowest BCUT2D eigenvalue weighted by Crippen LogP contribution is -2.30. The summed E-state index contributed by atoms with van der Waals surface area (Å²) in [6, 6.07) is 0. The monoisotopic (exact) mass is 1470 g/mol. The highest BCUT2D eigenvalue weighted by atomic mass is 31.2. The number of aliphatic hydroxyl groups is 1. The second-order valence-corrected chi connectivity index (χ2v) is 29.2. The minimum Gasteiger partial charge on any atom is -0.462 e. The molecule has 0 aliphatic carbocycles. The van der Waals surface area contributed by atoms with E-state index in [1.165, 1.54) is 83.5 Å². The fourth-order valence-electron chi connectivity index (χ4n) is 10.2. The van der Waals surface area contributed by atoms with E-state index in [-0.39, 0.29) is 25.7 Å². The number of aliphatic hydroxyl groups excluding tert-OH is 1. The van der Waals surface area contributed by atoms with Crippen LogP contribution in [0, 0.1) is 0 Å². The van der Waals surface area contributed by atoms with Crippen molar-refractivity contribution in [2.75, 3.05) is 39.6 Å². The minimum atomic E-state index is -5.00. The first-order valence-electron chi connectivity index (χ1n) is 39.8. The molecule has 0 aromatic heterocycles. The van der Waals surface area contributed by atoms with Crippen LogP contribution in [0.25, 0.3) is 0 Å². The van der Waals surface area contributed by atoms with Crippen molar-refractivity contribution in [3.8, 4) is 0 Å². The number of unbranched alkanes of at least 4 members (excludes halogenated alkanes) is 28. The predicted octanol–water partition coefficient (Wildman–Crippen LogP) is 23.1. The second kappa shape index (κ2) is 74.7. The Morgan fingerprint density at radius 3 is 0.804 bits per heavy atom. The van der Waals surface area contributed by atoms with Gasteiger partial charge >= 0.3 is 39.5 Å². The van der Waals surface area contributed by atoms with Gasteiger partial charge in [-0.25, -0.2) is 9.13 Å². The molecule has 0 spiro atoms. The molecule has 586 valence electrons. The first kappa shape index (κ1) is 97.5. The molecule has 0 aromatic carbocycles. The molecule has 0 bridgehead atoms. The highest BCUT2D eigenvalue weighted by Crippen LogP contribution is 2.45. The van der Waals surface area contributed by atoms with Crippen LogP contribution < -0.4 is 0 Å². The maximum Gasteiger partial charge on any atom is 0.472 e. The van der Waals surface area contributed by atoms with Crippen molar-refractivity contribution in [2.24, 2.45) is 0 Å². The number of carbonyl (C=O) groups is 4. The summed E-state index contributed by atoms with van der Waals surface area (Å²) in [4.78, 5) is 72.9. The zero-order chi connectivity index (χ0) is 74.6. The predicted molar refractivity (Wildman–Crippen MR) is 418 cm³/mol. The van der Waals surface area contributed by atoms with Gasteiger partial charge in [-0.05, 0) is 161 Å². The van der Waals surface area contributed by atoms with Crippen molar-refractivity contribution in [2.45, 2.75) is 341 Å². The average Bonchev–Trinajstić information content (AvgIpc) is 0.959. The van der Waals surface area contributed by atoms with Crippen molar-refractivity contribution in [1.82, 2.24) is 0 Å². The summed E-state index contributed by atoms with van der Waals surface area (Å²) in [5, 5.41) is 10.6. The van der Waals surface area contributed by atoms with Gasteiger partial charge in [-0.2, -0.15) is 0 Å². The zero-order valence-corrected chi connectivity index (χ0v) is 65.8. The number of carbonyl (C=O) groups excluding carboxylic acids is 4. The van der Waals surface area contributed by atoms with Crippen LogP contribution in [0.4, 0.5) is 0 Å². The topological polar surface area (TPSA) is 237 Å². The van der Waals surface area contributed by atoms with Crippen molar-refractivity contribution in [3.63, 3.8) is 0 Å². The van der Waals surface area contributed by atoms with Crippen LogP contribution in [0.2, 0.25) is 0 Å². The molecule has 0 amide bonds. The van der Waals surface area contributed by atoms with Gasteiger partial charge in [-0.1, -0.05) is 258 Å². The highest BCUT2D eigenvalue weighted by Gasteiger charge is 2.30. The Kier molecular flexibility index (Phi) is 71.4. The lowest BCUT2D eigenvalue weighted by Gasteiger charge is -2.21. The molecule has 0 heterocycles. The molecule has 0 saturated carbocycles. The second-order valence-electron chi connectivity index (χ2n) is 26.3. The Labute approximate surface area is 619 Å². The lowest BCUT2D eigenvalue weighted by molar-refractivity contribution is -0.161. The number of ether oxygens (including phenoxy) is 4. The largest absolute Gasteiger partial charge is 0.472 e. The zero-order valence-electron chi connectivity index (χ0n) is 64.0. The quantitative estimate of drug-likeness (QED) is 0.0169. The SMILES string of the molecule is CCCCCC=CCC=CCC=CCC=CCCCC(=O)OCC(COP(=O)(O)OCC(O)COP(=O)(O)OCC(COC(=O)CCCCCCCC=CCC=CCCCCC)OC(=O)CCCCCCCC=CCCCCCC)OC(=O)CCCCCCC=CCC=CCC=CCCCCC. The Morgan fingerprint density at radius 2 is 0.490 bits per heavy atom. The fraction of sp³-hybridized carbons (Fsp3) is 0.711. The fourth-order valence-corrected chi connectivity index (χ4v) is 11.8. The van der Waals surface area contributed by atoms with E-state index in [0.29, 0.717) is 32.1 Å². The van der Waals surface area contributed by atoms with Crippen LogP contribution in [0.3, 0.4) is 0 Å². The minimum absolute atomic E-state index is 0.0552. The summed E-state index contributed by atoms with van der Waals surface area (Å²) >= 11 is 0. The molecule has 0 aliphatic heterocycles. The van der Waals surface area contributed by atoms with Crippen LogP contribution in [-0.2, 0) is 65.4 Å². The van der Waals surface area contributed by atoms with Crippen LogP contribution >= 0.6 is 15.6 Å². The number of hydrogen-bond acceptors (Lipinski definition) is 15. The van der Waals surface area contributed by atoms with Crippen LogP contribution in [0.5, 0.6) is 0 Å². The van der Waals surface area contributed by atoms with Crippen molar-refractivity contribution >= 4 is 39.5 Å². The third kappa shape index (κ3) is 73.8. The third-order valence-corrected chi connectivity index (χ3v) is 18.3. The molecule has 0 aromatic rings. The summed E-state index contributed by atoms with van der Waals surface area (Å²) < 4.78 is 68.5. The maximum atomic E-state index is 13.1. The van der Waals surface area contributed by atoms with Gasteiger partial charge < -0.3 is 33.8 Å². The number of phosphoric ester groups is 2. The molecular formula is C83H142O17P2. The number of rotatable bonds is 74. The molecule has 0 radical (unpaired) electrons. The maximum absolute atomic E-state index is 13.1. The summed E-state index contributed by atoms with van der Waals surface area (Å²) in [7, 11) is -9.98. The van der Waals surface area contributed by atoms with E-state index in [1.54, 1.807) is 0 Å². The third-order valence-electron chi connectivity index (χ3n) is 16.4. The van der Waals surface area contributed by atoms with E-state index in [1.807, 2.05) is 12.2 Å². The number of phosphoric acid groups is 2. The molecule has 17 nitrogen and oxygen atoms in total. The Morgan fingerprint density at radius 1 is 0.275 bits per heavy atom. The van der Waals surface area contributed by atoms with Gasteiger partial charge in [0.25, 0.3) is 0 Å². The summed E-state index contributed by atoms with van der Waals surface area (Å²) in [6.07, 6.45) is 81.8. The Balaban J connectivity index is 5.44. The molecule has 5 unspecified atom stereocenters. The molecule has 102 heavy (non-hydrogen) atoms. The molecule has 19 heteroatoms. The van der Waals surface area contributed by atoms with Crippen molar-refractivity contribution < 1.29 is 80.2 Å². The molecular weight excluding hydrogens is 1330 g/mol. The van der Waals surface area contributed by atoms with Gasteiger partial charge in [0.1, 0.15) is 19.3 Å². The average molecular weight is 1470 g/mol. The van der Waals surface area contributed by atoms with E-state index in [4.69, 9.17) is 37.0 Å². The first-order valence-corrected chi connectivity index (χ1v) is 42.8. The smallest absolute Gasteiger partial charge is 0.462 e. The molecule has 0 saturated heterocycles. The lowest BCUT2D eigenvalue weighted by atomic mass is 10.1. The highest BCUT2D eigenvalue weighted by molar-refractivity contribution is 7.47.